The second-order valence-electron chi connectivity index (χ2n) is 2.94. The Bertz CT molecular complexity index is 389. The molecule has 15 heavy (non-hydrogen) atoms. The van der Waals surface area contributed by atoms with Crippen LogP contribution in [0.2, 0.25) is 0 Å². The minimum atomic E-state index is -0.776. The summed E-state index contributed by atoms with van der Waals surface area (Å²) >= 11 is 0. The highest BCUT2D eigenvalue weighted by atomic mass is 16.5. The normalized spacial score (nSPS) is 9.53. The van der Waals surface area contributed by atoms with E-state index in [0.29, 0.717) is 11.3 Å². The first kappa shape index (κ1) is 11.2. The van der Waals surface area contributed by atoms with E-state index in [-0.39, 0.29) is 17.0 Å². The van der Waals surface area contributed by atoms with Crippen molar-refractivity contribution >= 4 is 12.3 Å². The zero-order valence-electron chi connectivity index (χ0n) is 8.43. The molecule has 1 aromatic rings. The van der Waals surface area contributed by atoms with Gasteiger partial charge in [0.25, 0.3) is 5.91 Å². The van der Waals surface area contributed by atoms with E-state index in [2.05, 4.69) is 0 Å². The third-order valence-corrected chi connectivity index (χ3v) is 1.98. The Morgan fingerprint density at radius 2 is 2.20 bits per heavy atom. The predicted octanol–water partition coefficient (Wildman–Crippen LogP) is 0.991. The van der Waals surface area contributed by atoms with E-state index in [1.807, 2.05) is 0 Å². The molecule has 0 aliphatic rings. The highest BCUT2D eigenvalue weighted by Gasteiger charge is 2.15. The van der Waals surface area contributed by atoms with Crippen LogP contribution in [-0.2, 0) is 4.79 Å². The Morgan fingerprint density at radius 1 is 1.53 bits per heavy atom. The van der Waals surface area contributed by atoms with Gasteiger partial charge in [0, 0.05) is 5.56 Å². The average molecular weight is 209 g/mol. The summed E-state index contributed by atoms with van der Waals surface area (Å²) in [5.41, 5.74) is 0.880. The van der Waals surface area contributed by atoms with E-state index in [0.717, 1.165) is 0 Å². The molecule has 0 aliphatic heterocycles. The van der Waals surface area contributed by atoms with Crippen molar-refractivity contribution in [2.24, 2.45) is 0 Å². The number of nitrogens with zero attached hydrogens (tertiary/aromatic N) is 1. The predicted molar refractivity (Wildman–Crippen MR) is 51.8 cm³/mol. The topological polar surface area (TPSA) is 66.8 Å². The molecule has 0 saturated carbocycles. The number of hydrogen-bond acceptors (Lipinski definition) is 4. The van der Waals surface area contributed by atoms with E-state index in [1.165, 1.54) is 13.2 Å². The molecule has 0 aliphatic carbocycles. The lowest BCUT2D eigenvalue weighted by molar-refractivity contribution is -0.138. The van der Waals surface area contributed by atoms with Gasteiger partial charge in [-0.05, 0) is 24.6 Å². The van der Waals surface area contributed by atoms with E-state index in [1.54, 1.807) is 19.1 Å². The van der Waals surface area contributed by atoms with Gasteiger partial charge in [0.2, 0.25) is 6.41 Å². The van der Waals surface area contributed by atoms with Crippen LogP contribution in [0.5, 0.6) is 5.75 Å². The van der Waals surface area contributed by atoms with E-state index in [4.69, 9.17) is 9.94 Å². The van der Waals surface area contributed by atoms with Gasteiger partial charge in [0.15, 0.2) is 0 Å². The molecule has 1 aromatic carbocycles. The van der Waals surface area contributed by atoms with Crippen molar-refractivity contribution < 1.29 is 19.5 Å². The van der Waals surface area contributed by atoms with Crippen LogP contribution in [0.25, 0.3) is 0 Å². The molecule has 0 saturated heterocycles. The Hall–Kier alpha value is -1.88. The number of hydrogen-bond donors (Lipinski definition) is 1. The summed E-state index contributed by atoms with van der Waals surface area (Å²) in [4.78, 5) is 21.7. The van der Waals surface area contributed by atoms with Gasteiger partial charge in [-0.2, -0.15) is 5.06 Å². The van der Waals surface area contributed by atoms with Gasteiger partial charge in [0.05, 0.1) is 7.11 Å². The van der Waals surface area contributed by atoms with Crippen LogP contribution < -0.4 is 4.74 Å². The van der Waals surface area contributed by atoms with Crippen LogP contribution in [0, 0.1) is 6.92 Å². The van der Waals surface area contributed by atoms with Crippen molar-refractivity contribution in [1.82, 2.24) is 5.06 Å². The summed E-state index contributed by atoms with van der Waals surface area (Å²) in [5, 5.41) is 8.94. The number of imide groups is 1. The number of benzene rings is 1. The minimum Gasteiger partial charge on any atom is -0.497 e. The van der Waals surface area contributed by atoms with E-state index in [9.17, 15) is 9.59 Å². The maximum absolute atomic E-state index is 11.5. The number of carbonyl (C=O) groups is 2. The second kappa shape index (κ2) is 4.56. The minimum absolute atomic E-state index is 0.00176. The first-order valence-corrected chi connectivity index (χ1v) is 4.22. The fourth-order valence-electron chi connectivity index (χ4n) is 1.13. The number of rotatable bonds is 3. The lowest BCUT2D eigenvalue weighted by Gasteiger charge is -2.10. The Kier molecular flexibility index (Phi) is 3.41. The largest absolute Gasteiger partial charge is 0.497 e. The number of hydroxylamine groups is 2. The van der Waals surface area contributed by atoms with Crippen molar-refractivity contribution in [3.63, 3.8) is 0 Å². The van der Waals surface area contributed by atoms with Crippen molar-refractivity contribution in [3.05, 3.63) is 29.3 Å². The zero-order valence-corrected chi connectivity index (χ0v) is 8.43. The van der Waals surface area contributed by atoms with Crippen LogP contribution in [0.1, 0.15) is 15.9 Å². The smallest absolute Gasteiger partial charge is 0.284 e. The van der Waals surface area contributed by atoms with Crippen LogP contribution in [0.4, 0.5) is 0 Å². The third-order valence-electron chi connectivity index (χ3n) is 1.98. The SMILES string of the molecule is COc1ccc(C)c(C(=O)N(O)C=O)c1. The monoisotopic (exact) mass is 209 g/mol. The maximum Gasteiger partial charge on any atom is 0.284 e. The molecule has 0 unspecified atom stereocenters. The Balaban J connectivity index is 3.12. The number of amides is 2. The Morgan fingerprint density at radius 3 is 2.73 bits per heavy atom. The standard InChI is InChI=1S/C10H11NO4/c1-7-3-4-8(15-2)5-9(7)10(13)11(14)6-12/h3-6,14H,1-2H3. The van der Waals surface area contributed by atoms with Crippen molar-refractivity contribution in [1.29, 1.82) is 0 Å². The van der Waals surface area contributed by atoms with Crippen molar-refractivity contribution in [3.8, 4) is 5.75 Å². The molecule has 0 radical (unpaired) electrons. The summed E-state index contributed by atoms with van der Waals surface area (Å²) in [5.74, 6) is -0.287. The van der Waals surface area contributed by atoms with E-state index >= 15 is 0 Å². The number of ether oxygens (including phenoxy) is 1. The molecule has 1 N–H and O–H groups in total. The van der Waals surface area contributed by atoms with Crippen molar-refractivity contribution in [2.75, 3.05) is 7.11 Å². The van der Waals surface area contributed by atoms with Crippen LogP contribution in [0.15, 0.2) is 18.2 Å². The lowest BCUT2D eigenvalue weighted by Crippen LogP contribution is -2.26. The first-order chi connectivity index (χ1) is 7.10. The highest BCUT2D eigenvalue weighted by molar-refractivity contribution is 6.00. The molecular formula is C10H11NO4. The number of methoxy groups -OCH3 is 1. The molecule has 0 heterocycles. The summed E-state index contributed by atoms with van der Waals surface area (Å²) in [6.45, 7) is 1.70. The van der Waals surface area contributed by atoms with Gasteiger partial charge in [-0.1, -0.05) is 6.07 Å². The molecule has 0 spiro atoms. The maximum atomic E-state index is 11.5. The molecule has 2 amide bonds. The third kappa shape index (κ3) is 2.32. The molecule has 0 aromatic heterocycles. The van der Waals surface area contributed by atoms with Gasteiger partial charge >= 0.3 is 0 Å². The first-order valence-electron chi connectivity index (χ1n) is 4.22. The summed E-state index contributed by atoms with van der Waals surface area (Å²) in [6, 6.07) is 4.82. The fourth-order valence-corrected chi connectivity index (χ4v) is 1.13. The van der Waals surface area contributed by atoms with Crippen LogP contribution in [-0.4, -0.2) is 29.7 Å². The number of carbonyl (C=O) groups excluding carboxylic acids is 2. The molecule has 1 rings (SSSR count). The summed E-state index contributed by atoms with van der Waals surface area (Å²) in [7, 11) is 1.47. The molecular weight excluding hydrogens is 198 g/mol. The molecule has 0 atom stereocenters. The summed E-state index contributed by atoms with van der Waals surface area (Å²) in [6.07, 6.45) is 0.0429. The molecule has 0 bridgehead atoms. The lowest BCUT2D eigenvalue weighted by atomic mass is 10.1. The van der Waals surface area contributed by atoms with Crippen LogP contribution in [0.3, 0.4) is 0 Å². The average Bonchev–Trinajstić information content (AvgIpc) is 2.27. The van der Waals surface area contributed by atoms with Crippen LogP contribution >= 0.6 is 0 Å². The molecule has 0 fully saturated rings. The van der Waals surface area contributed by atoms with Gasteiger partial charge in [-0.25, -0.2) is 0 Å². The van der Waals surface area contributed by atoms with Gasteiger partial charge < -0.3 is 4.74 Å². The van der Waals surface area contributed by atoms with Gasteiger partial charge in [-0.3, -0.25) is 14.8 Å². The quantitative estimate of drug-likeness (QED) is 0.458. The molecule has 5 heteroatoms. The molecule has 80 valence electrons. The van der Waals surface area contributed by atoms with E-state index < -0.39 is 5.91 Å². The Labute approximate surface area is 86.8 Å². The van der Waals surface area contributed by atoms with Gasteiger partial charge in [0.1, 0.15) is 5.75 Å². The fraction of sp³-hybridized carbons (Fsp3) is 0.200. The highest BCUT2D eigenvalue weighted by Crippen LogP contribution is 2.17. The summed E-state index contributed by atoms with van der Waals surface area (Å²) < 4.78 is 4.93. The molecule has 5 nitrogen and oxygen atoms in total. The van der Waals surface area contributed by atoms with Gasteiger partial charge in [-0.15, -0.1) is 0 Å². The zero-order chi connectivity index (χ0) is 11.4. The second-order valence-corrected chi connectivity index (χ2v) is 2.94. The number of aryl methyl sites for hydroxylation is 1. The van der Waals surface area contributed by atoms with Crippen molar-refractivity contribution in [2.45, 2.75) is 6.92 Å².